The third-order valence-electron chi connectivity index (χ3n) is 2.26. The Morgan fingerprint density at radius 2 is 1.44 bits per heavy atom. The van der Waals surface area contributed by atoms with E-state index in [-0.39, 0.29) is 6.10 Å². The van der Waals surface area contributed by atoms with Crippen LogP contribution in [0, 0.1) is 0 Å². The van der Waals surface area contributed by atoms with E-state index in [0.29, 0.717) is 0 Å². The zero-order chi connectivity index (χ0) is 13.1. The van der Waals surface area contributed by atoms with E-state index in [4.69, 9.17) is 0 Å². The van der Waals surface area contributed by atoms with Crippen LogP contribution in [0.2, 0.25) is 39.3 Å². The van der Waals surface area contributed by atoms with Gasteiger partial charge in [0.05, 0.1) is 22.3 Å². The van der Waals surface area contributed by atoms with Crippen LogP contribution in [0.25, 0.3) is 0 Å². The highest BCUT2D eigenvalue weighted by molar-refractivity contribution is 6.88. The quantitative estimate of drug-likeness (QED) is 0.595. The van der Waals surface area contributed by atoms with E-state index >= 15 is 0 Å². The summed E-state index contributed by atoms with van der Waals surface area (Å²) in [7, 11) is -2.69. The number of rotatable bonds is 4. The molecule has 0 aromatic rings. The molecule has 94 valence electrons. The fraction of sp³-hybridized carbons (Fsp3) is 0.692. The molecule has 1 nitrogen and oxygen atoms in total. The topological polar surface area (TPSA) is 20.2 Å². The van der Waals surface area contributed by atoms with Crippen LogP contribution in [0.1, 0.15) is 13.8 Å². The summed E-state index contributed by atoms with van der Waals surface area (Å²) in [6.45, 7) is 18.0. The van der Waals surface area contributed by atoms with Crippen LogP contribution in [0.4, 0.5) is 0 Å². The van der Waals surface area contributed by atoms with Crippen LogP contribution in [-0.2, 0) is 0 Å². The molecule has 0 aliphatic heterocycles. The molecular weight excluding hydrogens is 228 g/mol. The summed E-state index contributed by atoms with van der Waals surface area (Å²) in [6, 6.07) is 0. The molecular formula is C13H28OSi2. The fourth-order valence-electron chi connectivity index (χ4n) is 1.62. The van der Waals surface area contributed by atoms with Gasteiger partial charge in [-0.1, -0.05) is 61.8 Å². The molecule has 16 heavy (non-hydrogen) atoms. The Bertz CT molecular complexity index is 286. The number of aliphatic hydroxyl groups is 1. The summed E-state index contributed by atoms with van der Waals surface area (Å²) in [5, 5.41) is 11.6. The second-order valence-corrected chi connectivity index (χ2v) is 17.0. The van der Waals surface area contributed by atoms with E-state index in [1.165, 1.54) is 10.8 Å². The van der Waals surface area contributed by atoms with Crippen LogP contribution in [0.5, 0.6) is 0 Å². The molecule has 0 aliphatic carbocycles. The van der Waals surface area contributed by atoms with E-state index in [1.54, 1.807) is 0 Å². The van der Waals surface area contributed by atoms with Gasteiger partial charge in [0.25, 0.3) is 0 Å². The molecule has 1 unspecified atom stereocenters. The largest absolute Gasteiger partial charge is 0.385 e. The smallest absolute Gasteiger partial charge is 0.0895 e. The van der Waals surface area contributed by atoms with Crippen molar-refractivity contribution in [2.24, 2.45) is 0 Å². The van der Waals surface area contributed by atoms with Crippen molar-refractivity contribution in [1.82, 2.24) is 0 Å². The van der Waals surface area contributed by atoms with Crippen molar-refractivity contribution in [3.63, 3.8) is 0 Å². The average Bonchev–Trinajstić information content (AvgIpc) is 1.94. The maximum absolute atomic E-state index is 10.3. The van der Waals surface area contributed by atoms with Crippen molar-refractivity contribution in [3.05, 3.63) is 22.5 Å². The highest BCUT2D eigenvalue weighted by Gasteiger charge is 2.26. The van der Waals surface area contributed by atoms with Crippen LogP contribution in [0.15, 0.2) is 22.5 Å². The standard InChI is InChI=1S/C13H28OSi2/c1-11(2)9-12(14)13(16(6,7)8)10-15(3,4)5/h9-10,12,14H,1-8H3/b13-10+. The monoisotopic (exact) mass is 256 g/mol. The lowest BCUT2D eigenvalue weighted by Gasteiger charge is -2.27. The van der Waals surface area contributed by atoms with Crippen LogP contribution >= 0.6 is 0 Å². The predicted molar refractivity (Wildman–Crippen MR) is 80.2 cm³/mol. The molecule has 0 fully saturated rings. The summed E-state index contributed by atoms with van der Waals surface area (Å²) < 4.78 is 0. The minimum atomic E-state index is -1.43. The molecule has 0 heterocycles. The molecule has 0 aromatic heterocycles. The molecule has 0 aromatic carbocycles. The lowest BCUT2D eigenvalue weighted by molar-refractivity contribution is 0.265. The normalized spacial score (nSPS) is 15.9. The van der Waals surface area contributed by atoms with Gasteiger partial charge in [-0.2, -0.15) is 0 Å². The number of aliphatic hydroxyl groups excluding tert-OH is 1. The van der Waals surface area contributed by atoms with Crippen molar-refractivity contribution in [2.45, 2.75) is 59.2 Å². The summed E-state index contributed by atoms with van der Waals surface area (Å²) in [6.07, 6.45) is 1.60. The first-order valence-corrected chi connectivity index (χ1v) is 13.1. The minimum Gasteiger partial charge on any atom is -0.385 e. The third kappa shape index (κ3) is 6.45. The van der Waals surface area contributed by atoms with Crippen molar-refractivity contribution in [3.8, 4) is 0 Å². The van der Waals surface area contributed by atoms with E-state index in [0.717, 1.165) is 0 Å². The lowest BCUT2D eigenvalue weighted by atomic mass is 10.2. The van der Waals surface area contributed by atoms with Crippen LogP contribution < -0.4 is 0 Å². The molecule has 0 radical (unpaired) electrons. The van der Waals surface area contributed by atoms with Gasteiger partial charge in [-0.15, -0.1) is 0 Å². The zero-order valence-electron chi connectivity index (χ0n) is 12.2. The Hall–Kier alpha value is -0.126. The van der Waals surface area contributed by atoms with Gasteiger partial charge in [0.1, 0.15) is 0 Å². The van der Waals surface area contributed by atoms with Crippen LogP contribution in [-0.4, -0.2) is 27.4 Å². The maximum atomic E-state index is 10.3. The molecule has 3 heteroatoms. The summed E-state index contributed by atoms with van der Waals surface area (Å²) in [5.41, 5.74) is 3.58. The van der Waals surface area contributed by atoms with Gasteiger partial charge in [-0.25, -0.2) is 0 Å². The summed E-state index contributed by atoms with van der Waals surface area (Å²) in [5.74, 6) is 0. The summed E-state index contributed by atoms with van der Waals surface area (Å²) >= 11 is 0. The Morgan fingerprint density at radius 1 is 1.00 bits per heavy atom. The highest BCUT2D eigenvalue weighted by atomic mass is 28.3. The lowest BCUT2D eigenvalue weighted by Crippen LogP contribution is -2.34. The van der Waals surface area contributed by atoms with Crippen molar-refractivity contribution in [1.29, 1.82) is 0 Å². The number of allylic oxidation sites excluding steroid dienone is 1. The van der Waals surface area contributed by atoms with Crippen molar-refractivity contribution >= 4 is 16.1 Å². The van der Waals surface area contributed by atoms with E-state index in [1.807, 2.05) is 19.9 Å². The molecule has 0 amide bonds. The molecule has 0 bridgehead atoms. The van der Waals surface area contributed by atoms with Crippen molar-refractivity contribution < 1.29 is 5.11 Å². The van der Waals surface area contributed by atoms with Gasteiger partial charge in [0.2, 0.25) is 0 Å². The van der Waals surface area contributed by atoms with Crippen LogP contribution in [0.3, 0.4) is 0 Å². The summed E-state index contributed by atoms with van der Waals surface area (Å²) in [4.78, 5) is 0. The van der Waals surface area contributed by atoms with Gasteiger partial charge in [0, 0.05) is 0 Å². The number of hydrogen-bond donors (Lipinski definition) is 1. The van der Waals surface area contributed by atoms with E-state index < -0.39 is 16.1 Å². The molecule has 0 aliphatic rings. The Labute approximate surface area is 103 Å². The third-order valence-corrected chi connectivity index (χ3v) is 5.90. The van der Waals surface area contributed by atoms with E-state index in [2.05, 4.69) is 45.0 Å². The second-order valence-electron chi connectivity index (χ2n) is 6.90. The van der Waals surface area contributed by atoms with Gasteiger partial charge in [0.15, 0.2) is 0 Å². The average molecular weight is 257 g/mol. The molecule has 0 rings (SSSR count). The molecule has 1 atom stereocenters. The minimum absolute atomic E-state index is 0.372. The fourth-order valence-corrected chi connectivity index (χ4v) is 6.72. The van der Waals surface area contributed by atoms with Gasteiger partial charge < -0.3 is 5.11 Å². The predicted octanol–water partition coefficient (Wildman–Crippen LogP) is 3.99. The number of hydrogen-bond acceptors (Lipinski definition) is 1. The Kier molecular flexibility index (Phi) is 5.43. The zero-order valence-corrected chi connectivity index (χ0v) is 14.2. The Balaban J connectivity index is 5.29. The second kappa shape index (κ2) is 5.47. The van der Waals surface area contributed by atoms with Gasteiger partial charge >= 0.3 is 0 Å². The first-order chi connectivity index (χ1) is 6.93. The highest BCUT2D eigenvalue weighted by Crippen LogP contribution is 2.23. The van der Waals surface area contributed by atoms with Gasteiger partial charge in [-0.3, -0.25) is 0 Å². The Morgan fingerprint density at radius 3 is 1.69 bits per heavy atom. The molecule has 0 saturated carbocycles. The molecule has 0 saturated heterocycles. The molecule has 1 N–H and O–H groups in total. The first kappa shape index (κ1) is 15.9. The SMILES string of the molecule is CC(C)=CC(O)/C(=C\[Si](C)(C)C)[Si](C)(C)C. The maximum Gasteiger partial charge on any atom is 0.0895 e. The van der Waals surface area contributed by atoms with Gasteiger partial charge in [-0.05, 0) is 13.8 Å². The van der Waals surface area contributed by atoms with E-state index in [9.17, 15) is 5.11 Å². The first-order valence-electron chi connectivity index (χ1n) is 6.00. The van der Waals surface area contributed by atoms with Crippen molar-refractivity contribution in [2.75, 3.05) is 0 Å². The molecule has 0 spiro atoms.